The molecule has 84 valence electrons. The summed E-state index contributed by atoms with van der Waals surface area (Å²) < 4.78 is 24.3. The van der Waals surface area contributed by atoms with E-state index in [0.717, 1.165) is 0 Å². The zero-order chi connectivity index (χ0) is 12.1. The third kappa shape index (κ3) is 2.76. The molecule has 0 N–H and O–H groups in total. The number of hydrogen-bond acceptors (Lipinski definition) is 3. The molecule has 0 atom stereocenters. The Bertz CT molecular complexity index is 426. The minimum absolute atomic E-state index is 0.216. The first-order valence-corrected chi connectivity index (χ1v) is 4.57. The molecular weight excluding hydrogens is 214 g/mol. The molecule has 0 aromatic heterocycles. The summed E-state index contributed by atoms with van der Waals surface area (Å²) in [6, 6.07) is 6.24. The summed E-state index contributed by atoms with van der Waals surface area (Å²) in [7, 11) is 1.48. The third-order valence-corrected chi connectivity index (χ3v) is 2.10. The normalized spacial score (nSPS) is 9.94. The van der Waals surface area contributed by atoms with Gasteiger partial charge in [0, 0.05) is 12.6 Å². The summed E-state index contributed by atoms with van der Waals surface area (Å²) in [6.07, 6.45) is -1.86. The van der Waals surface area contributed by atoms with Crippen LogP contribution in [0.1, 0.15) is 15.9 Å². The maximum absolute atomic E-state index is 12.2. The Morgan fingerprint density at radius 3 is 2.75 bits per heavy atom. The van der Waals surface area contributed by atoms with Crippen LogP contribution >= 0.6 is 0 Å². The van der Waals surface area contributed by atoms with E-state index in [1.165, 1.54) is 30.1 Å². The lowest BCUT2D eigenvalue weighted by atomic mass is 10.1. The number of benzene rings is 1. The molecule has 0 spiro atoms. The maximum Gasteiger partial charge on any atom is 0.255 e. The van der Waals surface area contributed by atoms with Crippen molar-refractivity contribution in [2.24, 2.45) is 0 Å². The molecule has 0 aliphatic heterocycles. The van der Waals surface area contributed by atoms with E-state index in [2.05, 4.69) is 0 Å². The number of alkyl halides is 2. The molecule has 5 heteroatoms. The fourth-order valence-corrected chi connectivity index (χ4v) is 1.35. The van der Waals surface area contributed by atoms with E-state index in [1.807, 2.05) is 6.07 Å². The molecule has 0 bridgehead atoms. The number of aldehydes is 1. The van der Waals surface area contributed by atoms with E-state index in [4.69, 9.17) is 5.26 Å². The summed E-state index contributed by atoms with van der Waals surface area (Å²) in [4.78, 5) is 11.8. The van der Waals surface area contributed by atoms with Crippen molar-refractivity contribution >= 4 is 12.0 Å². The van der Waals surface area contributed by atoms with Gasteiger partial charge in [0.15, 0.2) is 0 Å². The minimum atomic E-state index is -2.47. The van der Waals surface area contributed by atoms with Crippen LogP contribution in [0.25, 0.3) is 0 Å². The summed E-state index contributed by atoms with van der Waals surface area (Å²) >= 11 is 0. The Hall–Kier alpha value is -1.96. The van der Waals surface area contributed by atoms with Gasteiger partial charge < -0.3 is 4.90 Å². The van der Waals surface area contributed by atoms with Crippen LogP contribution in [0.5, 0.6) is 0 Å². The van der Waals surface area contributed by atoms with Crippen molar-refractivity contribution in [1.29, 1.82) is 5.26 Å². The molecule has 1 aromatic rings. The van der Waals surface area contributed by atoms with Crippen LogP contribution in [-0.2, 0) is 0 Å². The molecule has 3 nitrogen and oxygen atoms in total. The molecule has 0 fully saturated rings. The van der Waals surface area contributed by atoms with Gasteiger partial charge in [-0.25, -0.2) is 8.78 Å². The van der Waals surface area contributed by atoms with E-state index in [0.29, 0.717) is 17.5 Å². The highest BCUT2D eigenvalue weighted by molar-refractivity contribution is 5.78. The van der Waals surface area contributed by atoms with Crippen LogP contribution in [0.4, 0.5) is 14.5 Å². The fourth-order valence-electron chi connectivity index (χ4n) is 1.35. The molecule has 0 heterocycles. The Labute approximate surface area is 91.9 Å². The lowest BCUT2D eigenvalue weighted by Crippen LogP contribution is -2.24. The number of anilines is 1. The largest absolute Gasteiger partial charge is 0.368 e. The van der Waals surface area contributed by atoms with E-state index in [-0.39, 0.29) is 5.56 Å². The molecule has 16 heavy (non-hydrogen) atoms. The van der Waals surface area contributed by atoms with Crippen LogP contribution in [-0.4, -0.2) is 26.3 Å². The van der Waals surface area contributed by atoms with Gasteiger partial charge in [-0.1, -0.05) is 0 Å². The van der Waals surface area contributed by atoms with Crippen molar-refractivity contribution in [2.45, 2.75) is 6.43 Å². The number of halogens is 2. The number of hydrogen-bond donors (Lipinski definition) is 0. The predicted molar refractivity (Wildman–Crippen MR) is 55.8 cm³/mol. The quantitative estimate of drug-likeness (QED) is 0.735. The molecule has 0 amide bonds. The van der Waals surface area contributed by atoms with Gasteiger partial charge in [0.05, 0.1) is 17.8 Å². The molecule has 0 aliphatic carbocycles. The predicted octanol–water partition coefficient (Wildman–Crippen LogP) is 2.07. The second kappa shape index (κ2) is 5.21. The summed E-state index contributed by atoms with van der Waals surface area (Å²) in [5.41, 5.74) is 0.965. The zero-order valence-electron chi connectivity index (χ0n) is 8.65. The Morgan fingerprint density at radius 1 is 1.56 bits per heavy atom. The van der Waals surface area contributed by atoms with Gasteiger partial charge >= 0.3 is 0 Å². The monoisotopic (exact) mass is 224 g/mol. The summed E-state index contributed by atoms with van der Waals surface area (Å²) in [6.45, 7) is -0.449. The summed E-state index contributed by atoms with van der Waals surface area (Å²) in [5, 5.41) is 8.84. The smallest absolute Gasteiger partial charge is 0.255 e. The van der Waals surface area contributed by atoms with E-state index in [1.54, 1.807) is 0 Å². The second-order valence-electron chi connectivity index (χ2n) is 3.28. The Balaban J connectivity index is 3.04. The fraction of sp³-hybridized carbons (Fsp3) is 0.273. The molecule has 0 radical (unpaired) electrons. The van der Waals surface area contributed by atoms with Gasteiger partial charge in [-0.05, 0) is 18.2 Å². The highest BCUT2D eigenvalue weighted by Crippen LogP contribution is 2.20. The molecule has 1 rings (SSSR count). The first kappa shape index (κ1) is 12.1. The lowest BCUT2D eigenvalue weighted by molar-refractivity contribution is 0.112. The number of nitriles is 1. The Morgan fingerprint density at radius 2 is 2.25 bits per heavy atom. The summed E-state index contributed by atoms with van der Waals surface area (Å²) in [5.74, 6) is 0. The molecular formula is C11H10F2N2O. The van der Waals surface area contributed by atoms with Crippen molar-refractivity contribution in [3.05, 3.63) is 29.3 Å². The SMILES string of the molecule is CN(CC(F)F)c1ccc(C=O)cc1C#N. The maximum atomic E-state index is 12.2. The first-order chi connectivity index (χ1) is 7.58. The molecule has 0 saturated carbocycles. The van der Waals surface area contributed by atoms with Crippen molar-refractivity contribution in [2.75, 3.05) is 18.5 Å². The highest BCUT2D eigenvalue weighted by atomic mass is 19.3. The van der Waals surface area contributed by atoms with E-state index < -0.39 is 13.0 Å². The number of carbonyl (C=O) groups excluding carboxylic acids is 1. The zero-order valence-corrected chi connectivity index (χ0v) is 8.65. The van der Waals surface area contributed by atoms with Gasteiger partial charge in [0.1, 0.15) is 12.4 Å². The van der Waals surface area contributed by atoms with Crippen LogP contribution < -0.4 is 4.90 Å². The Kier molecular flexibility index (Phi) is 3.95. The van der Waals surface area contributed by atoms with Gasteiger partial charge in [-0.15, -0.1) is 0 Å². The number of rotatable bonds is 4. The molecule has 0 aliphatic rings. The number of nitrogens with zero attached hydrogens (tertiary/aromatic N) is 2. The van der Waals surface area contributed by atoms with Crippen molar-refractivity contribution in [3.63, 3.8) is 0 Å². The second-order valence-corrected chi connectivity index (χ2v) is 3.28. The standard InChI is InChI=1S/C11H10F2N2O/c1-15(6-11(12)13)10-3-2-8(7-16)4-9(10)5-14/h2-4,7,11H,6H2,1H3. The number of carbonyl (C=O) groups is 1. The topological polar surface area (TPSA) is 44.1 Å². The first-order valence-electron chi connectivity index (χ1n) is 4.57. The van der Waals surface area contributed by atoms with Crippen molar-refractivity contribution < 1.29 is 13.6 Å². The lowest BCUT2D eigenvalue weighted by Gasteiger charge is -2.19. The third-order valence-electron chi connectivity index (χ3n) is 2.10. The van der Waals surface area contributed by atoms with Crippen LogP contribution in [0.2, 0.25) is 0 Å². The average Bonchev–Trinajstić information content (AvgIpc) is 2.27. The molecule has 0 unspecified atom stereocenters. The van der Waals surface area contributed by atoms with Crippen LogP contribution in [0, 0.1) is 11.3 Å². The average molecular weight is 224 g/mol. The van der Waals surface area contributed by atoms with Crippen molar-refractivity contribution in [3.8, 4) is 6.07 Å². The molecule has 1 aromatic carbocycles. The van der Waals surface area contributed by atoms with Crippen LogP contribution in [0.3, 0.4) is 0 Å². The van der Waals surface area contributed by atoms with E-state index >= 15 is 0 Å². The van der Waals surface area contributed by atoms with Gasteiger partial charge in [-0.3, -0.25) is 4.79 Å². The molecule has 0 saturated heterocycles. The van der Waals surface area contributed by atoms with Gasteiger partial charge in [0.25, 0.3) is 6.43 Å². The van der Waals surface area contributed by atoms with E-state index in [9.17, 15) is 13.6 Å². The highest BCUT2D eigenvalue weighted by Gasteiger charge is 2.12. The van der Waals surface area contributed by atoms with Crippen molar-refractivity contribution in [1.82, 2.24) is 0 Å². The van der Waals surface area contributed by atoms with Crippen LogP contribution in [0.15, 0.2) is 18.2 Å². The van der Waals surface area contributed by atoms with Gasteiger partial charge in [-0.2, -0.15) is 5.26 Å². The van der Waals surface area contributed by atoms with Gasteiger partial charge in [0.2, 0.25) is 0 Å². The minimum Gasteiger partial charge on any atom is -0.368 e.